The molecule has 0 aromatic heterocycles. The summed E-state index contributed by atoms with van der Waals surface area (Å²) in [6.07, 6.45) is -4.81. The van der Waals surface area contributed by atoms with Gasteiger partial charge < -0.3 is 20.1 Å². The minimum absolute atomic E-state index is 0.176. The van der Waals surface area contributed by atoms with Gasteiger partial charge in [-0.15, -0.1) is 13.2 Å². The highest BCUT2D eigenvalue weighted by Crippen LogP contribution is 2.23. The van der Waals surface area contributed by atoms with Crippen molar-refractivity contribution in [2.45, 2.75) is 13.3 Å². The van der Waals surface area contributed by atoms with Gasteiger partial charge in [0.1, 0.15) is 5.75 Å². The zero-order valence-electron chi connectivity index (χ0n) is 14.5. The van der Waals surface area contributed by atoms with Crippen LogP contribution in [0.1, 0.15) is 17.3 Å². The lowest BCUT2D eigenvalue weighted by Crippen LogP contribution is -2.21. The molecule has 0 heterocycles. The fourth-order valence-corrected chi connectivity index (χ4v) is 2.04. The molecule has 2 N–H and O–H groups in total. The number of rotatable bonds is 6. The smallest absolute Gasteiger partial charge is 0.452 e. The molecule has 0 aliphatic rings. The van der Waals surface area contributed by atoms with E-state index in [-0.39, 0.29) is 17.2 Å². The number of ether oxygens (including phenoxy) is 2. The number of amides is 2. The number of anilines is 2. The molecule has 0 unspecified atom stereocenters. The zero-order valence-corrected chi connectivity index (χ0v) is 14.5. The third-order valence-corrected chi connectivity index (χ3v) is 3.15. The number of halogens is 3. The molecule has 0 atom stereocenters. The molecule has 0 fully saturated rings. The lowest BCUT2D eigenvalue weighted by molar-refractivity contribution is -0.274. The maximum atomic E-state index is 12.1. The van der Waals surface area contributed by atoms with Crippen molar-refractivity contribution in [2.75, 3.05) is 17.2 Å². The highest BCUT2D eigenvalue weighted by Gasteiger charge is 2.30. The van der Waals surface area contributed by atoms with Crippen molar-refractivity contribution in [3.05, 3.63) is 54.1 Å². The molecule has 10 heteroatoms. The van der Waals surface area contributed by atoms with Crippen LogP contribution < -0.4 is 15.4 Å². The zero-order chi connectivity index (χ0) is 20.7. The summed E-state index contributed by atoms with van der Waals surface area (Å²) in [6.45, 7) is 0.755. The summed E-state index contributed by atoms with van der Waals surface area (Å²) in [5.74, 6) is -2.12. The lowest BCUT2D eigenvalue weighted by Gasteiger charge is -2.10. The largest absolute Gasteiger partial charge is 0.573 e. The average Bonchev–Trinajstić information content (AvgIpc) is 2.60. The van der Waals surface area contributed by atoms with Crippen molar-refractivity contribution in [1.82, 2.24) is 0 Å². The van der Waals surface area contributed by atoms with E-state index in [4.69, 9.17) is 4.74 Å². The Bertz CT molecular complexity index is 849. The molecule has 2 aromatic rings. The molecule has 0 radical (unpaired) electrons. The maximum absolute atomic E-state index is 12.1. The molecule has 0 saturated heterocycles. The van der Waals surface area contributed by atoms with Crippen molar-refractivity contribution >= 4 is 29.2 Å². The molecule has 0 bridgehead atoms. The van der Waals surface area contributed by atoms with E-state index >= 15 is 0 Å². The summed E-state index contributed by atoms with van der Waals surface area (Å²) in [5.41, 5.74) is 0.880. The average molecular weight is 396 g/mol. The SMILES string of the molecule is CC(=O)Nc1ccc(C(=O)OCC(=O)Nc2ccc(OC(F)(F)F)cc2)cc1. The molecule has 2 aromatic carbocycles. The predicted octanol–water partition coefficient (Wildman–Crippen LogP) is 3.34. The van der Waals surface area contributed by atoms with Gasteiger partial charge in [0.15, 0.2) is 6.61 Å². The number of nitrogens with one attached hydrogen (secondary N) is 2. The number of carbonyl (C=O) groups is 3. The Morgan fingerprint density at radius 2 is 1.43 bits per heavy atom. The topological polar surface area (TPSA) is 93.7 Å². The standard InChI is InChI=1S/C18H15F3N2O5/c1-11(24)22-13-4-2-12(3-5-13)17(26)27-10-16(25)23-14-6-8-15(9-7-14)28-18(19,20)21/h2-9H,10H2,1H3,(H,22,24)(H,23,25). The molecule has 28 heavy (non-hydrogen) atoms. The van der Waals surface area contributed by atoms with Crippen LogP contribution in [0.3, 0.4) is 0 Å². The van der Waals surface area contributed by atoms with E-state index in [1.165, 1.54) is 43.3 Å². The second-order valence-electron chi connectivity index (χ2n) is 5.46. The Morgan fingerprint density at radius 3 is 1.96 bits per heavy atom. The van der Waals surface area contributed by atoms with Gasteiger partial charge in [0.05, 0.1) is 5.56 Å². The summed E-state index contributed by atoms with van der Waals surface area (Å²) in [4.78, 5) is 34.6. The third kappa shape index (κ3) is 6.98. The number of hydrogen-bond donors (Lipinski definition) is 2. The minimum atomic E-state index is -4.81. The van der Waals surface area contributed by atoms with Crippen molar-refractivity contribution in [1.29, 1.82) is 0 Å². The van der Waals surface area contributed by atoms with Gasteiger partial charge >= 0.3 is 12.3 Å². The van der Waals surface area contributed by atoms with Crippen LogP contribution in [0.5, 0.6) is 5.75 Å². The van der Waals surface area contributed by atoms with Gasteiger partial charge in [-0.3, -0.25) is 9.59 Å². The summed E-state index contributed by atoms with van der Waals surface area (Å²) in [5, 5.41) is 4.91. The second-order valence-corrected chi connectivity index (χ2v) is 5.46. The molecule has 148 valence electrons. The van der Waals surface area contributed by atoms with Gasteiger partial charge in [-0.05, 0) is 48.5 Å². The molecule has 2 amide bonds. The van der Waals surface area contributed by atoms with Crippen molar-refractivity contribution < 1.29 is 37.0 Å². The number of hydrogen-bond acceptors (Lipinski definition) is 5. The highest BCUT2D eigenvalue weighted by atomic mass is 19.4. The molecule has 2 rings (SSSR count). The van der Waals surface area contributed by atoms with Gasteiger partial charge in [0.2, 0.25) is 5.91 Å². The predicted molar refractivity (Wildman–Crippen MR) is 92.8 cm³/mol. The number of alkyl halides is 3. The molecular formula is C18H15F3N2O5. The maximum Gasteiger partial charge on any atom is 0.573 e. The van der Waals surface area contributed by atoms with Crippen LogP contribution >= 0.6 is 0 Å². The second kappa shape index (κ2) is 8.89. The number of carbonyl (C=O) groups excluding carboxylic acids is 3. The van der Waals surface area contributed by atoms with Crippen LogP contribution in [-0.2, 0) is 14.3 Å². The van der Waals surface area contributed by atoms with E-state index in [0.717, 1.165) is 12.1 Å². The highest BCUT2D eigenvalue weighted by molar-refractivity contribution is 5.96. The van der Waals surface area contributed by atoms with E-state index < -0.39 is 30.6 Å². The first-order valence-electron chi connectivity index (χ1n) is 7.83. The summed E-state index contributed by atoms with van der Waals surface area (Å²) >= 11 is 0. The van der Waals surface area contributed by atoms with Crippen molar-refractivity contribution in [2.24, 2.45) is 0 Å². The van der Waals surface area contributed by atoms with E-state index in [9.17, 15) is 27.6 Å². The Hall–Kier alpha value is -3.56. The summed E-state index contributed by atoms with van der Waals surface area (Å²) in [7, 11) is 0. The molecule has 0 saturated carbocycles. The fraction of sp³-hybridized carbons (Fsp3) is 0.167. The number of benzene rings is 2. The van der Waals surface area contributed by atoms with E-state index in [2.05, 4.69) is 15.4 Å². The molecular weight excluding hydrogens is 381 g/mol. The first-order valence-corrected chi connectivity index (χ1v) is 7.83. The molecule has 0 aliphatic heterocycles. The molecule has 0 aliphatic carbocycles. The van der Waals surface area contributed by atoms with Crippen LogP contribution in [0.2, 0.25) is 0 Å². The molecule has 7 nitrogen and oxygen atoms in total. The van der Waals surface area contributed by atoms with Gasteiger partial charge in [-0.2, -0.15) is 0 Å². The molecule has 0 spiro atoms. The van der Waals surface area contributed by atoms with Gasteiger partial charge in [0, 0.05) is 18.3 Å². The van der Waals surface area contributed by atoms with Crippen molar-refractivity contribution in [3.63, 3.8) is 0 Å². The van der Waals surface area contributed by atoms with E-state index in [1.54, 1.807) is 0 Å². The minimum Gasteiger partial charge on any atom is -0.452 e. The lowest BCUT2D eigenvalue weighted by atomic mass is 10.2. The normalized spacial score (nSPS) is 10.7. The Kier molecular flexibility index (Phi) is 6.59. The monoisotopic (exact) mass is 396 g/mol. The Labute approximate surface area is 157 Å². The van der Waals surface area contributed by atoms with Gasteiger partial charge in [-0.1, -0.05) is 0 Å². The fourth-order valence-electron chi connectivity index (χ4n) is 2.04. The summed E-state index contributed by atoms with van der Waals surface area (Å²) < 4.78 is 44.8. The van der Waals surface area contributed by atoms with Crippen LogP contribution in [0.25, 0.3) is 0 Å². The van der Waals surface area contributed by atoms with E-state index in [0.29, 0.717) is 5.69 Å². The number of esters is 1. The first-order chi connectivity index (χ1) is 13.1. The quantitative estimate of drug-likeness (QED) is 0.731. The van der Waals surface area contributed by atoms with Crippen LogP contribution in [0.4, 0.5) is 24.5 Å². The van der Waals surface area contributed by atoms with Gasteiger partial charge in [-0.25, -0.2) is 4.79 Å². The van der Waals surface area contributed by atoms with Gasteiger partial charge in [0.25, 0.3) is 5.91 Å². The van der Waals surface area contributed by atoms with E-state index in [1.807, 2.05) is 0 Å². The van der Waals surface area contributed by atoms with Crippen molar-refractivity contribution in [3.8, 4) is 5.75 Å². The third-order valence-electron chi connectivity index (χ3n) is 3.15. The first kappa shape index (κ1) is 20.7. The Morgan fingerprint density at radius 1 is 0.893 bits per heavy atom. The Balaban J connectivity index is 1.83. The van der Waals surface area contributed by atoms with Crippen LogP contribution in [0.15, 0.2) is 48.5 Å². The summed E-state index contributed by atoms with van der Waals surface area (Å²) in [6, 6.07) is 10.3. The van der Waals surface area contributed by atoms with Crippen LogP contribution in [-0.4, -0.2) is 30.8 Å². The van der Waals surface area contributed by atoms with Crippen LogP contribution in [0, 0.1) is 0 Å².